The normalized spacial score (nSPS) is 11.0. The van der Waals surface area contributed by atoms with Crippen LogP contribution in [-0.4, -0.2) is 28.3 Å². The summed E-state index contributed by atoms with van der Waals surface area (Å²) >= 11 is 0. The number of benzene rings is 1. The summed E-state index contributed by atoms with van der Waals surface area (Å²) in [5, 5.41) is 0. The van der Waals surface area contributed by atoms with Gasteiger partial charge in [0, 0.05) is 36.5 Å². The molecule has 1 aromatic carbocycles. The van der Waals surface area contributed by atoms with Crippen molar-refractivity contribution < 1.29 is 14.3 Å². The second-order valence-corrected chi connectivity index (χ2v) is 7.88. The molecule has 0 spiro atoms. The number of carbonyl (C=O) groups excluding carboxylic acids is 2. The summed E-state index contributed by atoms with van der Waals surface area (Å²) < 4.78 is 5.12. The molecule has 0 radical (unpaired) electrons. The van der Waals surface area contributed by atoms with Gasteiger partial charge in [-0.3, -0.25) is 9.59 Å². The van der Waals surface area contributed by atoms with Gasteiger partial charge in [0.15, 0.2) is 0 Å². The topological polar surface area (TPSA) is 74.9 Å². The molecule has 0 unspecified atom stereocenters. The van der Waals surface area contributed by atoms with Crippen LogP contribution in [0, 0.1) is 6.92 Å². The number of aromatic nitrogens is 2. The largest absolute Gasteiger partial charge is 0.466 e. The van der Waals surface area contributed by atoms with Gasteiger partial charge in [-0.15, -0.1) is 0 Å². The Morgan fingerprint density at radius 3 is 2.39 bits per heavy atom. The molecule has 0 aliphatic rings. The Kier molecular flexibility index (Phi) is 7.50. The van der Waals surface area contributed by atoms with Crippen molar-refractivity contribution in [1.29, 1.82) is 0 Å². The van der Waals surface area contributed by atoms with E-state index in [1.165, 1.54) is 23.7 Å². The van der Waals surface area contributed by atoms with E-state index in [0.717, 1.165) is 48.9 Å². The van der Waals surface area contributed by atoms with Crippen molar-refractivity contribution in [2.45, 2.75) is 59.8 Å². The number of hydrogen-bond acceptors (Lipinski definition) is 3. The molecule has 0 bridgehead atoms. The van der Waals surface area contributed by atoms with Crippen LogP contribution >= 0.6 is 0 Å². The molecule has 2 heterocycles. The lowest BCUT2D eigenvalue weighted by atomic mass is 9.98. The molecular formula is C26H32N2O3. The standard InChI is InChI=1S/C26H32N2O3/c1-5-19-16-27-23(21(19)6-2)15-24-22(13-10-14-31-18(4)29)17(3)25(28-24)26(30)20-11-8-7-9-12-20/h7-9,11-12,16,27-28H,5-6,10,13-15H2,1-4H3. The molecule has 0 saturated heterocycles. The Balaban J connectivity index is 1.94. The number of esters is 1. The van der Waals surface area contributed by atoms with E-state index in [2.05, 4.69) is 30.0 Å². The summed E-state index contributed by atoms with van der Waals surface area (Å²) in [6.45, 7) is 8.15. The number of ether oxygens (including phenoxy) is 1. The minimum absolute atomic E-state index is 0.00188. The molecule has 0 aliphatic carbocycles. The lowest BCUT2D eigenvalue weighted by molar-refractivity contribution is -0.141. The maximum Gasteiger partial charge on any atom is 0.302 e. The Hall–Kier alpha value is -3.08. The van der Waals surface area contributed by atoms with Crippen molar-refractivity contribution in [3.8, 4) is 0 Å². The summed E-state index contributed by atoms with van der Waals surface area (Å²) in [5.41, 5.74) is 8.39. The lowest BCUT2D eigenvalue weighted by Gasteiger charge is -2.08. The Labute approximate surface area is 184 Å². The first-order valence-corrected chi connectivity index (χ1v) is 11.1. The van der Waals surface area contributed by atoms with Crippen LogP contribution in [0.3, 0.4) is 0 Å². The highest BCUT2D eigenvalue weighted by molar-refractivity contribution is 6.09. The molecule has 0 saturated carbocycles. The minimum atomic E-state index is -0.267. The van der Waals surface area contributed by atoms with Crippen molar-refractivity contribution in [2.24, 2.45) is 0 Å². The van der Waals surface area contributed by atoms with Gasteiger partial charge in [0.1, 0.15) is 0 Å². The molecule has 164 valence electrons. The van der Waals surface area contributed by atoms with Crippen LogP contribution < -0.4 is 0 Å². The van der Waals surface area contributed by atoms with E-state index in [1.807, 2.05) is 37.3 Å². The van der Waals surface area contributed by atoms with E-state index in [0.29, 0.717) is 17.9 Å². The molecule has 0 atom stereocenters. The van der Waals surface area contributed by atoms with Gasteiger partial charge >= 0.3 is 5.97 Å². The second-order valence-electron chi connectivity index (χ2n) is 7.88. The fraction of sp³-hybridized carbons (Fsp3) is 0.385. The first-order chi connectivity index (χ1) is 15.0. The monoisotopic (exact) mass is 420 g/mol. The Morgan fingerprint density at radius 2 is 1.74 bits per heavy atom. The highest BCUT2D eigenvalue weighted by atomic mass is 16.5. The van der Waals surface area contributed by atoms with E-state index in [9.17, 15) is 9.59 Å². The van der Waals surface area contributed by atoms with Gasteiger partial charge < -0.3 is 14.7 Å². The maximum absolute atomic E-state index is 13.2. The lowest BCUT2D eigenvalue weighted by Crippen LogP contribution is -2.04. The van der Waals surface area contributed by atoms with Crippen LogP contribution in [0.4, 0.5) is 0 Å². The fourth-order valence-corrected chi connectivity index (χ4v) is 4.25. The number of aromatic amines is 2. The number of hydrogen-bond donors (Lipinski definition) is 2. The molecule has 31 heavy (non-hydrogen) atoms. The van der Waals surface area contributed by atoms with Gasteiger partial charge in [-0.2, -0.15) is 0 Å². The first-order valence-electron chi connectivity index (χ1n) is 11.1. The Bertz CT molecular complexity index is 1040. The molecule has 0 fully saturated rings. The summed E-state index contributed by atoms with van der Waals surface area (Å²) in [6.07, 6.45) is 6.25. The van der Waals surface area contributed by atoms with Gasteiger partial charge in [-0.1, -0.05) is 44.2 Å². The third kappa shape index (κ3) is 5.16. The van der Waals surface area contributed by atoms with Crippen molar-refractivity contribution in [2.75, 3.05) is 6.61 Å². The van der Waals surface area contributed by atoms with Gasteiger partial charge in [-0.05, 0) is 54.9 Å². The number of aryl methyl sites for hydroxylation is 1. The molecule has 5 nitrogen and oxygen atoms in total. The number of nitrogens with one attached hydrogen (secondary N) is 2. The molecule has 2 aromatic heterocycles. The predicted molar refractivity (Wildman–Crippen MR) is 123 cm³/mol. The number of carbonyl (C=O) groups is 2. The van der Waals surface area contributed by atoms with Crippen LogP contribution in [0.2, 0.25) is 0 Å². The molecule has 0 aliphatic heterocycles. The average Bonchev–Trinajstić information content (AvgIpc) is 3.31. The van der Waals surface area contributed by atoms with Crippen LogP contribution in [0.25, 0.3) is 0 Å². The summed E-state index contributed by atoms with van der Waals surface area (Å²) in [4.78, 5) is 31.2. The fourth-order valence-electron chi connectivity index (χ4n) is 4.25. The van der Waals surface area contributed by atoms with E-state index in [1.54, 1.807) is 0 Å². The third-order valence-electron chi connectivity index (χ3n) is 5.87. The first kappa shape index (κ1) is 22.6. The van der Waals surface area contributed by atoms with Crippen molar-refractivity contribution in [3.05, 3.63) is 81.4 Å². The van der Waals surface area contributed by atoms with Crippen LogP contribution in [0.1, 0.15) is 76.9 Å². The van der Waals surface area contributed by atoms with E-state index < -0.39 is 0 Å². The number of rotatable bonds is 10. The average molecular weight is 421 g/mol. The van der Waals surface area contributed by atoms with Crippen molar-refractivity contribution >= 4 is 11.8 Å². The summed E-state index contributed by atoms with van der Waals surface area (Å²) in [6, 6.07) is 9.36. The highest BCUT2D eigenvalue weighted by Gasteiger charge is 2.21. The zero-order chi connectivity index (χ0) is 22.4. The van der Waals surface area contributed by atoms with Gasteiger partial charge in [-0.25, -0.2) is 0 Å². The Morgan fingerprint density at radius 1 is 1.00 bits per heavy atom. The predicted octanol–water partition coefficient (Wildman–Crippen LogP) is 5.09. The second kappa shape index (κ2) is 10.3. The van der Waals surface area contributed by atoms with Gasteiger partial charge in [0.25, 0.3) is 0 Å². The van der Waals surface area contributed by atoms with E-state index >= 15 is 0 Å². The quantitative estimate of drug-likeness (QED) is 0.272. The highest BCUT2D eigenvalue weighted by Crippen LogP contribution is 2.26. The maximum atomic E-state index is 13.2. The molecule has 3 rings (SSSR count). The minimum Gasteiger partial charge on any atom is -0.466 e. The van der Waals surface area contributed by atoms with E-state index in [4.69, 9.17) is 4.74 Å². The smallest absolute Gasteiger partial charge is 0.302 e. The van der Waals surface area contributed by atoms with Gasteiger partial charge in [0.05, 0.1) is 12.3 Å². The van der Waals surface area contributed by atoms with Crippen LogP contribution in [0.5, 0.6) is 0 Å². The molecule has 0 amide bonds. The molecule has 2 N–H and O–H groups in total. The SMILES string of the molecule is CCc1c[nH]c(Cc2[nH]c(C(=O)c3ccccc3)c(C)c2CCCOC(C)=O)c1CC. The number of H-pyrrole nitrogens is 2. The zero-order valence-corrected chi connectivity index (χ0v) is 18.9. The van der Waals surface area contributed by atoms with Gasteiger partial charge in [0.2, 0.25) is 5.78 Å². The zero-order valence-electron chi connectivity index (χ0n) is 18.9. The van der Waals surface area contributed by atoms with Crippen LogP contribution in [0.15, 0.2) is 36.5 Å². The molecule has 5 heteroatoms. The van der Waals surface area contributed by atoms with Crippen molar-refractivity contribution in [1.82, 2.24) is 9.97 Å². The molecular weight excluding hydrogens is 388 g/mol. The van der Waals surface area contributed by atoms with Crippen molar-refractivity contribution in [3.63, 3.8) is 0 Å². The third-order valence-corrected chi connectivity index (χ3v) is 5.87. The van der Waals surface area contributed by atoms with E-state index in [-0.39, 0.29) is 11.8 Å². The van der Waals surface area contributed by atoms with Crippen LogP contribution in [-0.2, 0) is 35.2 Å². The summed E-state index contributed by atoms with van der Waals surface area (Å²) in [5.74, 6) is -0.265. The molecule has 3 aromatic rings. The number of ketones is 1. The summed E-state index contributed by atoms with van der Waals surface area (Å²) in [7, 11) is 0.